The first kappa shape index (κ1) is 68.7. The molecule has 0 radical (unpaired) electrons. The van der Waals surface area contributed by atoms with E-state index < -0.39 is 163 Å². The number of likely N-dealkylation sites (tertiary alicyclic amines) is 2. The van der Waals surface area contributed by atoms with Crippen molar-refractivity contribution >= 4 is 77.0 Å². The van der Waals surface area contributed by atoms with Gasteiger partial charge in [0.1, 0.15) is 60.4 Å². The highest BCUT2D eigenvalue weighted by Gasteiger charge is 2.42. The molecule has 0 unspecified atom stereocenters. The quantitative estimate of drug-likeness (QED) is 0.0171. The number of carboxylic acids is 2. The lowest BCUT2D eigenvalue weighted by Gasteiger charge is -2.31. The van der Waals surface area contributed by atoms with Gasteiger partial charge in [-0.2, -0.15) is 0 Å². The molecule has 0 saturated carbocycles. The number of nitrogens with two attached hydrogens (primary N) is 5. The Morgan fingerprint density at radius 1 is 0.647 bits per heavy atom. The topological polar surface area (TPSA) is 576 Å². The summed E-state index contributed by atoms with van der Waals surface area (Å²) in [5, 5.41) is 56.4. The standard InChI is InChI=1S/C50H79N19O16/c1-25(71)39(48(83)69-16-6-10-36(69)45(80)63-31(49(84)85)11-12-38(73)74)67-41(76)30(8-4-14-58-50(54)55)62-44(79)34(19-37(53)72)65-43(78)32(17-26-20-56-23-59-26)64-40(75)29(7-2-3-13-51)61-42(77)33(18-27-21-57-24-60-27)66-46(81)35-9-5-15-68(35)47(82)28(52)22-70/h20-21,23-25,28-36,39,70-71H,2-19,22,51-52H2,1H3,(H2,53,72)(H,56,59)(H,57,60)(H,61,77)(H,62,79)(H,63,80)(H,64,75)(H,65,78)(H,66,81)(H,67,76)(H,73,74)(H,84,85)(H4,54,55,58)/t25-,28+,29+,30+,31+,32+,33+,34+,35+,36+,39+/m1/s1. The van der Waals surface area contributed by atoms with Crippen molar-refractivity contribution in [3.05, 3.63) is 36.4 Å². The van der Waals surface area contributed by atoms with Crippen molar-refractivity contribution < 1.29 is 78.0 Å². The van der Waals surface area contributed by atoms with E-state index in [4.69, 9.17) is 33.8 Å². The van der Waals surface area contributed by atoms with Gasteiger partial charge in [0.2, 0.25) is 59.1 Å². The van der Waals surface area contributed by atoms with Crippen LogP contribution in [0.25, 0.3) is 0 Å². The molecule has 2 fully saturated rings. The summed E-state index contributed by atoms with van der Waals surface area (Å²) in [7, 11) is 0. The number of carboxylic acid groups (broad SMARTS) is 2. The van der Waals surface area contributed by atoms with E-state index in [0.29, 0.717) is 18.5 Å². The van der Waals surface area contributed by atoms with E-state index in [0.717, 1.165) is 11.8 Å². The molecule has 23 N–H and O–H groups in total. The SMILES string of the molecule is C[C@@H](O)[C@H](NC(=O)[C@H](CCCN=C(N)N)NC(=O)[C@H](CC(N)=O)NC(=O)[C@H](Cc1cnc[nH]1)NC(=O)[C@H](CCCCN)NC(=O)[C@H](Cc1cnc[nH]1)NC(=O)[C@@H]1CCCN1C(=O)[C@@H](N)CO)C(=O)N1CCC[C@H]1C(=O)N[C@@H](CCC(=O)O)C(=O)O. The first-order valence-electron chi connectivity index (χ1n) is 27.6. The van der Waals surface area contributed by atoms with Crippen LogP contribution in [0.15, 0.2) is 30.0 Å². The van der Waals surface area contributed by atoms with Gasteiger partial charge in [-0.05, 0) is 77.7 Å². The number of carbonyl (C=O) groups excluding carboxylic acids is 10. The van der Waals surface area contributed by atoms with Gasteiger partial charge in [0.15, 0.2) is 5.96 Å². The maximum absolute atomic E-state index is 14.4. The molecule has 470 valence electrons. The molecule has 4 heterocycles. The number of carbonyl (C=O) groups is 12. The number of amides is 10. The van der Waals surface area contributed by atoms with Gasteiger partial charge in [0, 0.05) is 62.7 Å². The fourth-order valence-electron chi connectivity index (χ4n) is 9.46. The number of aliphatic imine (C=N–C) groups is 1. The first-order chi connectivity index (χ1) is 40.3. The van der Waals surface area contributed by atoms with E-state index in [2.05, 4.69) is 62.1 Å². The molecule has 0 aromatic carbocycles. The summed E-state index contributed by atoms with van der Waals surface area (Å²) in [5.41, 5.74) is 28.8. The number of imidazole rings is 2. The number of guanidine groups is 1. The second-order valence-corrected chi connectivity index (χ2v) is 20.5. The normalized spacial score (nSPS) is 17.9. The van der Waals surface area contributed by atoms with Gasteiger partial charge in [-0.15, -0.1) is 0 Å². The van der Waals surface area contributed by atoms with Gasteiger partial charge in [0.25, 0.3) is 0 Å². The largest absolute Gasteiger partial charge is 0.481 e. The summed E-state index contributed by atoms with van der Waals surface area (Å²) in [6.07, 6.45) is 2.43. The minimum absolute atomic E-state index is 0.0182. The number of aliphatic hydroxyl groups is 2. The van der Waals surface area contributed by atoms with Crippen LogP contribution in [-0.4, -0.2) is 226 Å². The molecule has 4 rings (SSSR count). The molecule has 0 spiro atoms. The number of aromatic nitrogens is 4. The molecule has 85 heavy (non-hydrogen) atoms. The number of aliphatic hydroxyl groups excluding tert-OH is 2. The van der Waals surface area contributed by atoms with Crippen molar-refractivity contribution in [1.82, 2.24) is 67.0 Å². The summed E-state index contributed by atoms with van der Waals surface area (Å²) in [6.45, 7) is 0.658. The Kier molecular flexibility index (Phi) is 27.5. The Morgan fingerprint density at radius 2 is 1.12 bits per heavy atom. The van der Waals surface area contributed by atoms with Gasteiger partial charge in [-0.3, -0.25) is 57.7 Å². The maximum Gasteiger partial charge on any atom is 0.326 e. The van der Waals surface area contributed by atoms with Crippen LogP contribution in [0.2, 0.25) is 0 Å². The van der Waals surface area contributed by atoms with Gasteiger partial charge in [-0.25, -0.2) is 14.8 Å². The minimum Gasteiger partial charge on any atom is -0.481 e. The van der Waals surface area contributed by atoms with Gasteiger partial charge in [0.05, 0.1) is 31.8 Å². The van der Waals surface area contributed by atoms with Crippen LogP contribution in [0.3, 0.4) is 0 Å². The highest BCUT2D eigenvalue weighted by Crippen LogP contribution is 2.22. The van der Waals surface area contributed by atoms with Crippen molar-refractivity contribution in [1.29, 1.82) is 0 Å². The first-order valence-corrected chi connectivity index (χ1v) is 27.6. The van der Waals surface area contributed by atoms with E-state index in [9.17, 15) is 72.9 Å². The number of rotatable bonds is 36. The maximum atomic E-state index is 14.4. The molecule has 2 aromatic heterocycles. The molecule has 2 aliphatic heterocycles. The lowest BCUT2D eigenvalue weighted by molar-refractivity contribution is -0.146. The third-order valence-corrected chi connectivity index (χ3v) is 13.9. The average Bonchev–Trinajstić information content (AvgIpc) is 4.49. The van der Waals surface area contributed by atoms with Crippen molar-refractivity contribution in [3.63, 3.8) is 0 Å². The number of aromatic amines is 2. The molecular formula is C50H79N19O16. The van der Waals surface area contributed by atoms with E-state index in [-0.39, 0.29) is 95.6 Å². The molecule has 11 atom stereocenters. The fourth-order valence-corrected chi connectivity index (χ4v) is 9.46. The van der Waals surface area contributed by atoms with Crippen LogP contribution in [0.1, 0.15) is 95.4 Å². The number of unbranched alkanes of at least 4 members (excludes halogenated alkanes) is 1. The predicted molar refractivity (Wildman–Crippen MR) is 295 cm³/mol. The number of hydrogen-bond acceptors (Lipinski definition) is 19. The van der Waals surface area contributed by atoms with Crippen LogP contribution in [-0.2, 0) is 70.4 Å². The summed E-state index contributed by atoms with van der Waals surface area (Å²) in [5.74, 6) is -12.8. The molecule has 2 aromatic rings. The molecular weight excluding hydrogens is 1120 g/mol. The van der Waals surface area contributed by atoms with E-state index >= 15 is 0 Å². The third-order valence-electron chi connectivity index (χ3n) is 13.9. The Labute approximate surface area is 486 Å². The van der Waals surface area contributed by atoms with Crippen molar-refractivity contribution in [2.45, 2.75) is 163 Å². The molecule has 0 bridgehead atoms. The van der Waals surface area contributed by atoms with Crippen LogP contribution in [0.5, 0.6) is 0 Å². The van der Waals surface area contributed by atoms with Gasteiger partial charge < -0.3 is 106 Å². The minimum atomic E-state index is -1.88. The number of hydrogen-bond donors (Lipinski definition) is 18. The smallest absolute Gasteiger partial charge is 0.326 e. The Morgan fingerprint density at radius 3 is 1.59 bits per heavy atom. The van der Waals surface area contributed by atoms with Gasteiger partial charge in [-0.1, -0.05) is 0 Å². The number of primary amides is 1. The zero-order chi connectivity index (χ0) is 62.9. The second-order valence-electron chi connectivity index (χ2n) is 20.5. The fraction of sp³-hybridized carbons (Fsp3) is 0.620. The highest BCUT2D eigenvalue weighted by molar-refractivity contribution is 6.00. The predicted octanol–water partition coefficient (Wildman–Crippen LogP) is -8.00. The summed E-state index contributed by atoms with van der Waals surface area (Å²) < 4.78 is 0. The molecule has 2 aliphatic rings. The number of aliphatic carboxylic acids is 2. The van der Waals surface area contributed by atoms with Crippen molar-refractivity contribution in [2.75, 3.05) is 32.8 Å². The summed E-state index contributed by atoms with van der Waals surface area (Å²) >= 11 is 0. The monoisotopic (exact) mass is 1200 g/mol. The molecule has 2 saturated heterocycles. The highest BCUT2D eigenvalue weighted by atomic mass is 16.4. The molecule has 10 amide bonds. The van der Waals surface area contributed by atoms with Crippen LogP contribution in [0, 0.1) is 0 Å². The number of nitrogens with one attached hydrogen (secondary N) is 9. The molecule has 35 heteroatoms. The Balaban J connectivity index is 1.59. The number of H-pyrrole nitrogens is 2. The van der Waals surface area contributed by atoms with Crippen molar-refractivity contribution in [3.8, 4) is 0 Å². The van der Waals surface area contributed by atoms with E-state index in [1.165, 1.54) is 29.9 Å². The lowest BCUT2D eigenvalue weighted by atomic mass is 10.0. The van der Waals surface area contributed by atoms with Crippen LogP contribution >= 0.6 is 0 Å². The average molecular weight is 1200 g/mol. The third kappa shape index (κ3) is 21.7. The second kappa shape index (κ2) is 34.1. The zero-order valence-electron chi connectivity index (χ0n) is 46.9. The Bertz CT molecular complexity index is 2650. The van der Waals surface area contributed by atoms with Crippen LogP contribution in [0.4, 0.5) is 0 Å². The van der Waals surface area contributed by atoms with Crippen LogP contribution < -0.4 is 65.9 Å². The van der Waals surface area contributed by atoms with Gasteiger partial charge >= 0.3 is 11.9 Å². The molecule has 35 nitrogen and oxygen atoms in total. The number of nitrogens with zero attached hydrogens (tertiary/aromatic N) is 5. The summed E-state index contributed by atoms with van der Waals surface area (Å²) in [6, 6.07) is -15.0. The summed E-state index contributed by atoms with van der Waals surface area (Å²) in [4.78, 5) is 181. The zero-order valence-corrected chi connectivity index (χ0v) is 46.9. The van der Waals surface area contributed by atoms with E-state index in [1.54, 1.807) is 0 Å². The van der Waals surface area contributed by atoms with E-state index in [1.807, 2.05) is 0 Å². The molecule has 0 aliphatic carbocycles. The Hall–Kier alpha value is -8.83. The van der Waals surface area contributed by atoms with Crippen molar-refractivity contribution in [2.24, 2.45) is 33.7 Å². The lowest BCUT2D eigenvalue weighted by Crippen LogP contribution is -2.62.